The molecule has 0 amide bonds. The van der Waals surface area contributed by atoms with Crippen molar-refractivity contribution >= 4 is 5.97 Å². The molecular formula is C10H15FO3. The molecule has 14 heavy (non-hydrogen) atoms. The molecule has 80 valence electrons. The standard InChI is InChI=1S/C10H15FO3/c1-10(2)7(9(12)13-3)8(10)14-6-4-5-11/h4,6-8H,5H2,1-3H3/b6-4+. The largest absolute Gasteiger partial charge is 0.497 e. The number of allylic oxidation sites excluding steroid dienone is 1. The summed E-state index contributed by atoms with van der Waals surface area (Å²) in [6.45, 7) is 3.28. The lowest BCUT2D eigenvalue weighted by Gasteiger charge is -2.00. The summed E-state index contributed by atoms with van der Waals surface area (Å²) in [6, 6.07) is 0. The van der Waals surface area contributed by atoms with Gasteiger partial charge in [0.1, 0.15) is 18.7 Å². The number of halogens is 1. The summed E-state index contributed by atoms with van der Waals surface area (Å²) < 4.78 is 21.6. The highest BCUT2D eigenvalue weighted by Gasteiger charge is 2.64. The van der Waals surface area contributed by atoms with Crippen LogP contribution in [-0.2, 0) is 14.3 Å². The molecule has 0 aliphatic heterocycles. The molecule has 1 saturated carbocycles. The number of alkyl halides is 1. The third kappa shape index (κ3) is 1.89. The highest BCUT2D eigenvalue weighted by atomic mass is 19.1. The maximum Gasteiger partial charge on any atom is 0.313 e. The molecule has 4 heteroatoms. The van der Waals surface area contributed by atoms with Crippen LogP contribution in [0, 0.1) is 11.3 Å². The number of hydrogen-bond donors (Lipinski definition) is 0. The van der Waals surface area contributed by atoms with Crippen LogP contribution in [-0.4, -0.2) is 25.9 Å². The van der Waals surface area contributed by atoms with Crippen molar-refractivity contribution in [3.8, 4) is 0 Å². The van der Waals surface area contributed by atoms with E-state index in [0.717, 1.165) is 0 Å². The van der Waals surface area contributed by atoms with Gasteiger partial charge in [0, 0.05) is 5.41 Å². The maximum absolute atomic E-state index is 11.7. The summed E-state index contributed by atoms with van der Waals surface area (Å²) >= 11 is 0. The van der Waals surface area contributed by atoms with E-state index in [9.17, 15) is 9.18 Å². The fourth-order valence-corrected chi connectivity index (χ4v) is 1.58. The van der Waals surface area contributed by atoms with E-state index < -0.39 is 6.67 Å². The van der Waals surface area contributed by atoms with E-state index in [4.69, 9.17) is 4.74 Å². The molecule has 1 aliphatic carbocycles. The van der Waals surface area contributed by atoms with Gasteiger partial charge in [0.05, 0.1) is 13.4 Å². The molecule has 2 unspecified atom stereocenters. The lowest BCUT2D eigenvalue weighted by molar-refractivity contribution is -0.143. The van der Waals surface area contributed by atoms with Crippen molar-refractivity contribution in [3.05, 3.63) is 12.3 Å². The zero-order valence-corrected chi connectivity index (χ0v) is 8.62. The van der Waals surface area contributed by atoms with Crippen molar-refractivity contribution < 1.29 is 18.7 Å². The Morgan fingerprint density at radius 3 is 2.71 bits per heavy atom. The van der Waals surface area contributed by atoms with Gasteiger partial charge in [0.15, 0.2) is 0 Å². The lowest BCUT2D eigenvalue weighted by Crippen LogP contribution is -2.08. The molecule has 0 aromatic heterocycles. The summed E-state index contributed by atoms with van der Waals surface area (Å²) in [5.74, 6) is -0.509. The predicted molar refractivity (Wildman–Crippen MR) is 49.3 cm³/mol. The lowest BCUT2D eigenvalue weighted by atomic mass is 10.1. The fourth-order valence-electron chi connectivity index (χ4n) is 1.58. The zero-order valence-electron chi connectivity index (χ0n) is 8.62. The molecule has 0 radical (unpaired) electrons. The quantitative estimate of drug-likeness (QED) is 0.514. The van der Waals surface area contributed by atoms with Gasteiger partial charge in [0.2, 0.25) is 0 Å². The van der Waals surface area contributed by atoms with Gasteiger partial charge in [-0.1, -0.05) is 13.8 Å². The summed E-state index contributed by atoms with van der Waals surface area (Å²) in [4.78, 5) is 11.2. The van der Waals surface area contributed by atoms with E-state index in [1.54, 1.807) is 0 Å². The van der Waals surface area contributed by atoms with Gasteiger partial charge in [-0.2, -0.15) is 0 Å². The second-order valence-corrected chi connectivity index (χ2v) is 3.90. The van der Waals surface area contributed by atoms with Gasteiger partial charge in [-0.3, -0.25) is 4.79 Å². The molecular weight excluding hydrogens is 187 g/mol. The SMILES string of the molecule is COC(=O)C1C(O/C=C/CF)C1(C)C. The number of carbonyl (C=O) groups is 1. The Labute approximate surface area is 82.9 Å². The molecule has 0 N–H and O–H groups in total. The molecule has 1 rings (SSSR count). The van der Waals surface area contributed by atoms with Crippen LogP contribution in [0.1, 0.15) is 13.8 Å². The van der Waals surface area contributed by atoms with Gasteiger partial charge in [-0.25, -0.2) is 4.39 Å². The first-order valence-electron chi connectivity index (χ1n) is 4.50. The Morgan fingerprint density at radius 1 is 1.57 bits per heavy atom. The Bertz CT molecular complexity index is 248. The van der Waals surface area contributed by atoms with Crippen molar-refractivity contribution in [1.82, 2.24) is 0 Å². The van der Waals surface area contributed by atoms with E-state index in [0.29, 0.717) is 0 Å². The average molecular weight is 202 g/mol. The Kier molecular flexibility index (Phi) is 3.13. The van der Waals surface area contributed by atoms with E-state index >= 15 is 0 Å². The number of ether oxygens (including phenoxy) is 2. The normalized spacial score (nSPS) is 28.9. The summed E-state index contributed by atoms with van der Waals surface area (Å²) in [5, 5.41) is 0. The third-order valence-corrected chi connectivity index (χ3v) is 2.59. The Hall–Kier alpha value is -1.06. The minimum absolute atomic E-state index is 0.197. The molecule has 2 atom stereocenters. The molecule has 0 saturated heterocycles. The number of carbonyl (C=O) groups excluding carboxylic acids is 1. The average Bonchev–Trinajstić information content (AvgIpc) is 2.68. The van der Waals surface area contributed by atoms with Crippen LogP contribution in [0.5, 0.6) is 0 Å². The minimum Gasteiger partial charge on any atom is -0.497 e. The third-order valence-electron chi connectivity index (χ3n) is 2.59. The van der Waals surface area contributed by atoms with Crippen LogP contribution in [0.2, 0.25) is 0 Å². The molecule has 0 bridgehead atoms. The van der Waals surface area contributed by atoms with E-state index in [1.165, 1.54) is 19.4 Å². The van der Waals surface area contributed by atoms with E-state index in [1.807, 2.05) is 13.8 Å². The van der Waals surface area contributed by atoms with Crippen molar-refractivity contribution in [2.75, 3.05) is 13.8 Å². The van der Waals surface area contributed by atoms with Crippen LogP contribution < -0.4 is 0 Å². The second-order valence-electron chi connectivity index (χ2n) is 3.90. The number of rotatable bonds is 4. The van der Waals surface area contributed by atoms with Crippen LogP contribution in [0.3, 0.4) is 0 Å². The van der Waals surface area contributed by atoms with E-state index in [2.05, 4.69) is 4.74 Å². The molecule has 0 heterocycles. The first-order chi connectivity index (χ1) is 6.55. The number of methoxy groups -OCH3 is 1. The topological polar surface area (TPSA) is 35.5 Å². The summed E-state index contributed by atoms with van der Waals surface area (Å²) in [7, 11) is 1.35. The maximum atomic E-state index is 11.7. The fraction of sp³-hybridized carbons (Fsp3) is 0.700. The molecule has 1 fully saturated rings. The van der Waals surface area contributed by atoms with Gasteiger partial charge in [-0.05, 0) is 6.08 Å². The smallest absolute Gasteiger partial charge is 0.313 e. The van der Waals surface area contributed by atoms with Crippen molar-refractivity contribution in [1.29, 1.82) is 0 Å². The number of hydrogen-bond acceptors (Lipinski definition) is 3. The van der Waals surface area contributed by atoms with Crippen molar-refractivity contribution in [2.24, 2.45) is 11.3 Å². The molecule has 0 aromatic rings. The van der Waals surface area contributed by atoms with Crippen LogP contribution in [0.4, 0.5) is 4.39 Å². The van der Waals surface area contributed by atoms with Gasteiger partial charge in [-0.15, -0.1) is 0 Å². The van der Waals surface area contributed by atoms with Crippen molar-refractivity contribution in [2.45, 2.75) is 20.0 Å². The predicted octanol–water partition coefficient (Wildman–Crippen LogP) is 1.68. The highest BCUT2D eigenvalue weighted by Crippen LogP contribution is 2.54. The Balaban J connectivity index is 2.49. The first kappa shape index (κ1) is 11.0. The summed E-state index contributed by atoms with van der Waals surface area (Å²) in [6.07, 6.45) is 2.37. The second kappa shape index (κ2) is 3.98. The van der Waals surface area contributed by atoms with Gasteiger partial charge >= 0.3 is 5.97 Å². The molecule has 0 aromatic carbocycles. The summed E-state index contributed by atoms with van der Waals surface area (Å²) in [5.41, 5.74) is -0.215. The zero-order chi connectivity index (χ0) is 10.8. The van der Waals surface area contributed by atoms with Crippen molar-refractivity contribution in [3.63, 3.8) is 0 Å². The van der Waals surface area contributed by atoms with Crippen LogP contribution in [0.25, 0.3) is 0 Å². The van der Waals surface area contributed by atoms with Crippen LogP contribution in [0.15, 0.2) is 12.3 Å². The Morgan fingerprint density at radius 2 is 2.21 bits per heavy atom. The first-order valence-corrected chi connectivity index (χ1v) is 4.50. The molecule has 0 spiro atoms. The van der Waals surface area contributed by atoms with Gasteiger partial charge in [0.25, 0.3) is 0 Å². The monoisotopic (exact) mass is 202 g/mol. The highest BCUT2D eigenvalue weighted by molar-refractivity contribution is 5.78. The number of esters is 1. The molecule has 1 aliphatic rings. The van der Waals surface area contributed by atoms with Gasteiger partial charge < -0.3 is 9.47 Å². The van der Waals surface area contributed by atoms with E-state index in [-0.39, 0.29) is 23.4 Å². The minimum atomic E-state index is -0.559. The van der Waals surface area contributed by atoms with Crippen LogP contribution >= 0.6 is 0 Å². The molecule has 3 nitrogen and oxygen atoms in total.